The first kappa shape index (κ1) is 24.5. The van der Waals surface area contributed by atoms with Crippen LogP contribution in [0.5, 0.6) is 11.5 Å². The second kappa shape index (κ2) is 10.5. The molecule has 0 bridgehead atoms. The van der Waals surface area contributed by atoms with Crippen molar-refractivity contribution in [3.8, 4) is 28.7 Å². The monoisotopic (exact) mass is 452 g/mol. The maximum absolute atomic E-state index is 13.7. The van der Waals surface area contributed by atoms with Crippen molar-refractivity contribution in [2.45, 2.75) is 33.4 Å². The van der Waals surface area contributed by atoms with Gasteiger partial charge in [0.2, 0.25) is 0 Å². The van der Waals surface area contributed by atoms with Gasteiger partial charge in [-0.05, 0) is 26.8 Å². The highest BCUT2D eigenvalue weighted by molar-refractivity contribution is 5.85. The maximum atomic E-state index is 13.7. The van der Waals surface area contributed by atoms with Gasteiger partial charge in [0.1, 0.15) is 6.61 Å². The number of rotatable bonds is 6. The fourth-order valence-corrected chi connectivity index (χ4v) is 2.78. The van der Waals surface area contributed by atoms with Crippen LogP contribution in [0.15, 0.2) is 24.3 Å². The number of pyridine rings is 1. The van der Waals surface area contributed by atoms with Gasteiger partial charge in [0, 0.05) is 5.56 Å². The lowest BCUT2D eigenvalue weighted by atomic mass is 9.96. The van der Waals surface area contributed by atoms with E-state index in [0.29, 0.717) is 0 Å². The second-order valence-electron chi connectivity index (χ2n) is 6.25. The van der Waals surface area contributed by atoms with E-state index in [4.69, 9.17) is 24.2 Å². The van der Waals surface area contributed by atoms with Gasteiger partial charge in [-0.15, -0.1) is 0 Å². The number of hydrogen-bond acceptors (Lipinski definition) is 8. The highest BCUT2D eigenvalue weighted by Crippen LogP contribution is 2.46. The fourth-order valence-electron chi connectivity index (χ4n) is 2.78. The van der Waals surface area contributed by atoms with Gasteiger partial charge in [-0.25, -0.2) is 9.59 Å². The van der Waals surface area contributed by atoms with E-state index in [1.807, 2.05) is 0 Å². The summed E-state index contributed by atoms with van der Waals surface area (Å²) in [6, 6.07) is 6.28. The first-order chi connectivity index (χ1) is 15.1. The Hall–Kier alpha value is -3.81. The van der Waals surface area contributed by atoms with Crippen LogP contribution in [0.2, 0.25) is 0 Å². The van der Waals surface area contributed by atoms with Crippen LogP contribution in [0.1, 0.15) is 30.3 Å². The van der Waals surface area contributed by atoms with Crippen molar-refractivity contribution in [1.29, 1.82) is 5.26 Å². The lowest BCUT2D eigenvalue weighted by molar-refractivity contribution is -0.137. The molecule has 2 rings (SSSR count). The molecule has 0 spiro atoms. The molecule has 11 heteroatoms. The van der Waals surface area contributed by atoms with Crippen LogP contribution in [0.25, 0.3) is 11.1 Å². The third-order valence-electron chi connectivity index (χ3n) is 4.02. The van der Waals surface area contributed by atoms with Crippen molar-refractivity contribution in [1.82, 2.24) is 4.98 Å². The highest BCUT2D eigenvalue weighted by atomic mass is 19.4. The van der Waals surface area contributed by atoms with E-state index in [1.54, 1.807) is 6.07 Å². The molecule has 0 aliphatic carbocycles. The largest absolute Gasteiger partial charge is 0.513 e. The number of halogens is 3. The summed E-state index contributed by atoms with van der Waals surface area (Å²) in [5.74, 6) is -0.765. The molecule has 8 nitrogen and oxygen atoms in total. The number of aryl methyl sites for hydroxylation is 2. The third kappa shape index (κ3) is 5.87. The van der Waals surface area contributed by atoms with Gasteiger partial charge in [-0.3, -0.25) is 4.98 Å². The van der Waals surface area contributed by atoms with Crippen molar-refractivity contribution in [3.05, 3.63) is 41.2 Å². The predicted octanol–water partition coefficient (Wildman–Crippen LogP) is 5.35. The Bertz CT molecular complexity index is 1050. The number of nitrogens with zero attached hydrogens (tertiary/aromatic N) is 2. The average molecular weight is 452 g/mol. The van der Waals surface area contributed by atoms with Crippen LogP contribution in [-0.4, -0.2) is 30.5 Å². The van der Waals surface area contributed by atoms with Gasteiger partial charge in [-0.1, -0.05) is 18.2 Å². The van der Waals surface area contributed by atoms with Gasteiger partial charge >= 0.3 is 18.5 Å². The molecule has 0 aliphatic rings. The van der Waals surface area contributed by atoms with Crippen LogP contribution < -0.4 is 9.47 Å². The van der Waals surface area contributed by atoms with Crippen LogP contribution >= 0.6 is 0 Å². The zero-order valence-corrected chi connectivity index (χ0v) is 17.4. The molecule has 0 fully saturated rings. The molecule has 32 heavy (non-hydrogen) atoms. The van der Waals surface area contributed by atoms with Gasteiger partial charge in [-0.2, -0.15) is 18.4 Å². The smallest absolute Gasteiger partial charge is 0.434 e. The molecule has 0 saturated heterocycles. The predicted molar refractivity (Wildman–Crippen MR) is 104 cm³/mol. The van der Waals surface area contributed by atoms with E-state index in [9.17, 15) is 22.8 Å². The van der Waals surface area contributed by atoms with Gasteiger partial charge < -0.3 is 18.9 Å². The fraction of sp³-hybridized carbons (Fsp3) is 0.333. The molecule has 1 heterocycles. The summed E-state index contributed by atoms with van der Waals surface area (Å²) in [5.41, 5.74) is -1.68. The minimum absolute atomic E-state index is 0.0415. The normalized spacial score (nSPS) is 10.8. The van der Waals surface area contributed by atoms with Gasteiger partial charge in [0.25, 0.3) is 0 Å². The van der Waals surface area contributed by atoms with E-state index in [1.165, 1.54) is 32.9 Å². The lowest BCUT2D eigenvalue weighted by Crippen LogP contribution is -2.17. The molecular formula is C21H19F3N2O6. The van der Waals surface area contributed by atoms with Crippen molar-refractivity contribution in [3.63, 3.8) is 0 Å². The van der Waals surface area contributed by atoms with Crippen LogP contribution in [-0.2, 0) is 15.7 Å². The van der Waals surface area contributed by atoms with E-state index < -0.39 is 35.4 Å². The summed E-state index contributed by atoms with van der Waals surface area (Å²) in [4.78, 5) is 28.2. The average Bonchev–Trinajstić information content (AvgIpc) is 2.71. The van der Waals surface area contributed by atoms with Crippen LogP contribution in [0, 0.1) is 25.2 Å². The van der Waals surface area contributed by atoms with Crippen LogP contribution in [0.4, 0.5) is 22.8 Å². The topological polar surface area (TPSA) is 108 Å². The first-order valence-electron chi connectivity index (χ1n) is 9.34. The minimum atomic E-state index is -4.77. The molecule has 0 unspecified atom stereocenters. The maximum Gasteiger partial charge on any atom is 0.513 e. The zero-order valence-electron chi connectivity index (χ0n) is 17.4. The molecule has 0 aliphatic heterocycles. The molecule has 0 saturated carbocycles. The molecule has 1 aromatic carbocycles. The Kier molecular flexibility index (Phi) is 8.01. The lowest BCUT2D eigenvalue weighted by Gasteiger charge is -2.20. The molecule has 2 aromatic rings. The summed E-state index contributed by atoms with van der Waals surface area (Å²) in [6.45, 7) is 4.01. The highest BCUT2D eigenvalue weighted by Gasteiger charge is 2.36. The number of carbonyl (C=O) groups is 2. The Labute approximate surface area is 181 Å². The number of alkyl halides is 3. The number of ether oxygens (including phenoxy) is 4. The zero-order chi connectivity index (χ0) is 23.9. The number of benzene rings is 1. The Morgan fingerprint density at radius 2 is 1.59 bits per heavy atom. The Morgan fingerprint density at radius 3 is 2.12 bits per heavy atom. The van der Waals surface area contributed by atoms with Crippen molar-refractivity contribution in [2.24, 2.45) is 0 Å². The second-order valence-corrected chi connectivity index (χ2v) is 6.25. The van der Waals surface area contributed by atoms with Crippen LogP contribution in [0.3, 0.4) is 0 Å². The standard InChI is InChI=1S/C21H19F3N2O6/c1-4-29-19(27)31-17-12(2)26-13(3)18(32-20(28)30-11-7-10-25)16(17)14-8-5-6-9-15(14)21(22,23)24/h5-6,8-9H,4,7,11H2,1-3H3. The Morgan fingerprint density at radius 1 is 1.03 bits per heavy atom. The van der Waals surface area contributed by atoms with E-state index in [2.05, 4.69) is 4.98 Å². The summed E-state index contributed by atoms with van der Waals surface area (Å²) in [7, 11) is 0. The molecule has 170 valence electrons. The number of nitriles is 1. The van der Waals surface area contributed by atoms with E-state index in [-0.39, 0.29) is 42.3 Å². The van der Waals surface area contributed by atoms with Gasteiger partial charge in [0.15, 0.2) is 11.5 Å². The summed E-state index contributed by atoms with van der Waals surface area (Å²) in [5, 5.41) is 8.55. The van der Waals surface area contributed by atoms with Crippen molar-refractivity contribution in [2.75, 3.05) is 13.2 Å². The number of carbonyl (C=O) groups excluding carboxylic acids is 2. The summed E-state index contributed by atoms with van der Waals surface area (Å²) >= 11 is 0. The molecule has 0 radical (unpaired) electrons. The van der Waals surface area contributed by atoms with E-state index >= 15 is 0 Å². The van der Waals surface area contributed by atoms with Crippen molar-refractivity contribution < 1.29 is 41.7 Å². The number of aromatic nitrogens is 1. The van der Waals surface area contributed by atoms with Gasteiger partial charge in [0.05, 0.1) is 41.6 Å². The van der Waals surface area contributed by atoms with E-state index in [0.717, 1.165) is 12.1 Å². The summed E-state index contributed by atoms with van der Waals surface area (Å²) < 4.78 is 61.0. The molecular weight excluding hydrogens is 433 g/mol. The molecule has 0 amide bonds. The quantitative estimate of drug-likeness (QED) is 0.426. The van der Waals surface area contributed by atoms with Crippen molar-refractivity contribution >= 4 is 12.3 Å². The molecule has 1 aromatic heterocycles. The molecule has 0 N–H and O–H groups in total. The summed E-state index contributed by atoms with van der Waals surface area (Å²) in [6.07, 6.45) is -7.31. The molecule has 0 atom stereocenters. The Balaban J connectivity index is 2.73. The number of hydrogen-bond donors (Lipinski definition) is 0. The minimum Gasteiger partial charge on any atom is -0.434 e. The SMILES string of the molecule is CCOC(=O)Oc1c(C)nc(C)c(OC(=O)OCCC#N)c1-c1ccccc1C(F)(F)F. The first-order valence-corrected chi connectivity index (χ1v) is 9.34. The third-order valence-corrected chi connectivity index (χ3v) is 4.02.